The first kappa shape index (κ1) is 20.2. The van der Waals surface area contributed by atoms with Gasteiger partial charge in [-0.2, -0.15) is 0 Å². The van der Waals surface area contributed by atoms with Gasteiger partial charge in [0.25, 0.3) is 0 Å². The number of aliphatic hydroxyl groups excluding tert-OH is 1. The van der Waals surface area contributed by atoms with E-state index in [0.29, 0.717) is 0 Å². The van der Waals surface area contributed by atoms with Crippen LogP contribution >= 0.6 is 0 Å². The number of carboxylic acids is 1. The predicted molar refractivity (Wildman–Crippen MR) is 95.5 cm³/mol. The van der Waals surface area contributed by atoms with Crippen LogP contribution in [0.4, 0.5) is 0 Å². The quantitative estimate of drug-likeness (QED) is 0.370. The van der Waals surface area contributed by atoms with Crippen molar-refractivity contribution in [3.8, 4) is 0 Å². The molecule has 0 bridgehead atoms. The van der Waals surface area contributed by atoms with Crippen LogP contribution in [0.25, 0.3) is 0 Å². The summed E-state index contributed by atoms with van der Waals surface area (Å²) in [7, 11) is 0. The minimum Gasteiger partial charge on any atom is -0.478 e. The van der Waals surface area contributed by atoms with Gasteiger partial charge < -0.3 is 10.2 Å². The van der Waals surface area contributed by atoms with Crippen LogP contribution in [-0.2, 0) is 4.79 Å². The molecular weight excluding hydrogens is 288 g/mol. The summed E-state index contributed by atoms with van der Waals surface area (Å²) in [6.07, 6.45) is 17.0. The molecule has 0 aromatic rings. The monoisotopic (exact) mass is 324 g/mol. The van der Waals surface area contributed by atoms with Gasteiger partial charge in [-0.3, -0.25) is 0 Å². The minimum absolute atomic E-state index is 0.267. The third-order valence-corrected chi connectivity index (χ3v) is 5.10. The number of carboxylic acid groups (broad SMARTS) is 1. The van der Waals surface area contributed by atoms with E-state index in [9.17, 15) is 9.90 Å². The SMILES string of the molecule is CCCCCCCCCC/C(=C\C(=O)O)C(O)C1CCCCC1. The van der Waals surface area contributed by atoms with Crippen molar-refractivity contribution in [2.45, 2.75) is 103 Å². The Morgan fingerprint density at radius 3 is 2.13 bits per heavy atom. The van der Waals surface area contributed by atoms with Crippen LogP contribution in [0.3, 0.4) is 0 Å². The smallest absolute Gasteiger partial charge is 0.328 e. The van der Waals surface area contributed by atoms with Crippen molar-refractivity contribution in [1.29, 1.82) is 0 Å². The van der Waals surface area contributed by atoms with E-state index in [-0.39, 0.29) is 5.92 Å². The van der Waals surface area contributed by atoms with Gasteiger partial charge in [-0.25, -0.2) is 4.79 Å². The summed E-state index contributed by atoms with van der Waals surface area (Å²) >= 11 is 0. The number of rotatable bonds is 12. The molecule has 1 unspecified atom stereocenters. The van der Waals surface area contributed by atoms with E-state index in [1.54, 1.807) is 0 Å². The Morgan fingerprint density at radius 1 is 1.00 bits per heavy atom. The molecule has 0 aromatic carbocycles. The molecule has 0 aliphatic heterocycles. The lowest BCUT2D eigenvalue weighted by atomic mass is 9.81. The number of aliphatic carboxylic acids is 1. The van der Waals surface area contributed by atoms with E-state index in [4.69, 9.17) is 5.11 Å². The highest BCUT2D eigenvalue weighted by Crippen LogP contribution is 2.31. The molecular formula is C20H36O3. The number of unbranched alkanes of at least 4 members (excludes halogenated alkanes) is 7. The van der Waals surface area contributed by atoms with Crippen LogP contribution in [0, 0.1) is 5.92 Å². The second-order valence-corrected chi connectivity index (χ2v) is 7.13. The van der Waals surface area contributed by atoms with E-state index < -0.39 is 12.1 Å². The van der Waals surface area contributed by atoms with Gasteiger partial charge in [-0.05, 0) is 37.2 Å². The fourth-order valence-corrected chi connectivity index (χ4v) is 3.68. The number of aliphatic hydroxyl groups is 1. The van der Waals surface area contributed by atoms with Gasteiger partial charge in [-0.1, -0.05) is 71.1 Å². The van der Waals surface area contributed by atoms with Crippen molar-refractivity contribution in [3.63, 3.8) is 0 Å². The molecule has 3 heteroatoms. The summed E-state index contributed by atoms with van der Waals surface area (Å²) in [4.78, 5) is 11.0. The summed E-state index contributed by atoms with van der Waals surface area (Å²) in [6, 6.07) is 0. The number of hydrogen-bond donors (Lipinski definition) is 2. The molecule has 0 radical (unpaired) electrons. The summed E-state index contributed by atoms with van der Waals surface area (Å²) in [6.45, 7) is 2.23. The summed E-state index contributed by atoms with van der Waals surface area (Å²) in [5.74, 6) is -0.655. The van der Waals surface area contributed by atoms with Gasteiger partial charge in [0, 0.05) is 6.08 Å². The van der Waals surface area contributed by atoms with Crippen LogP contribution in [-0.4, -0.2) is 22.3 Å². The van der Waals surface area contributed by atoms with Crippen LogP contribution in [0.2, 0.25) is 0 Å². The van der Waals surface area contributed by atoms with Gasteiger partial charge in [0.1, 0.15) is 0 Å². The topological polar surface area (TPSA) is 57.5 Å². The Balaban J connectivity index is 2.30. The Hall–Kier alpha value is -0.830. The zero-order chi connectivity index (χ0) is 16.9. The van der Waals surface area contributed by atoms with Gasteiger partial charge in [0.2, 0.25) is 0 Å². The second kappa shape index (κ2) is 12.6. The lowest BCUT2D eigenvalue weighted by molar-refractivity contribution is -0.131. The Bertz CT molecular complexity index is 343. The standard InChI is InChI=1S/C20H36O3/c1-2-3-4-5-6-7-8-10-15-18(16-19(21)22)20(23)17-13-11-9-12-14-17/h16-17,20,23H,2-15H2,1H3,(H,21,22)/b18-16+. The molecule has 134 valence electrons. The maximum atomic E-state index is 11.0. The normalized spacial score (nSPS) is 18.1. The first-order valence-corrected chi connectivity index (χ1v) is 9.76. The molecule has 3 nitrogen and oxygen atoms in total. The van der Waals surface area contributed by atoms with E-state index >= 15 is 0 Å². The Kier molecular flexibility index (Phi) is 11.1. The van der Waals surface area contributed by atoms with E-state index in [2.05, 4.69) is 6.92 Å². The number of carbonyl (C=O) groups is 1. The molecule has 1 aliphatic carbocycles. The molecule has 2 N–H and O–H groups in total. The summed E-state index contributed by atoms with van der Waals surface area (Å²) < 4.78 is 0. The molecule has 0 aromatic heterocycles. The average Bonchev–Trinajstić information content (AvgIpc) is 2.56. The largest absolute Gasteiger partial charge is 0.478 e. The third-order valence-electron chi connectivity index (χ3n) is 5.10. The molecule has 0 spiro atoms. The molecule has 1 aliphatic rings. The van der Waals surface area contributed by atoms with Crippen LogP contribution in [0.1, 0.15) is 96.8 Å². The lowest BCUT2D eigenvalue weighted by Gasteiger charge is -2.28. The first-order chi connectivity index (χ1) is 11.1. The summed E-state index contributed by atoms with van der Waals surface area (Å²) in [5, 5.41) is 19.6. The Labute approximate surface area is 142 Å². The zero-order valence-corrected chi connectivity index (χ0v) is 14.9. The van der Waals surface area contributed by atoms with Crippen molar-refractivity contribution < 1.29 is 15.0 Å². The highest BCUT2D eigenvalue weighted by Gasteiger charge is 2.24. The molecule has 0 saturated heterocycles. The van der Waals surface area contributed by atoms with Gasteiger partial charge >= 0.3 is 5.97 Å². The average molecular weight is 325 g/mol. The molecule has 1 rings (SSSR count). The van der Waals surface area contributed by atoms with Crippen molar-refractivity contribution >= 4 is 5.97 Å². The van der Waals surface area contributed by atoms with Gasteiger partial charge in [0.15, 0.2) is 0 Å². The maximum absolute atomic E-state index is 11.0. The zero-order valence-electron chi connectivity index (χ0n) is 14.9. The third kappa shape index (κ3) is 9.14. The molecule has 0 heterocycles. The van der Waals surface area contributed by atoms with Crippen molar-refractivity contribution in [3.05, 3.63) is 11.6 Å². The van der Waals surface area contributed by atoms with Crippen molar-refractivity contribution in [1.82, 2.24) is 0 Å². The van der Waals surface area contributed by atoms with E-state index in [1.807, 2.05) is 0 Å². The highest BCUT2D eigenvalue weighted by molar-refractivity contribution is 5.80. The minimum atomic E-state index is -0.922. The van der Waals surface area contributed by atoms with E-state index in [1.165, 1.54) is 63.9 Å². The molecule has 1 fully saturated rings. The van der Waals surface area contributed by atoms with Crippen LogP contribution < -0.4 is 0 Å². The van der Waals surface area contributed by atoms with Crippen molar-refractivity contribution in [2.24, 2.45) is 5.92 Å². The Morgan fingerprint density at radius 2 is 1.57 bits per heavy atom. The van der Waals surface area contributed by atoms with Crippen LogP contribution in [0.15, 0.2) is 11.6 Å². The van der Waals surface area contributed by atoms with Gasteiger partial charge in [-0.15, -0.1) is 0 Å². The molecule has 23 heavy (non-hydrogen) atoms. The van der Waals surface area contributed by atoms with Gasteiger partial charge in [0.05, 0.1) is 6.10 Å². The fraction of sp³-hybridized carbons (Fsp3) is 0.850. The highest BCUT2D eigenvalue weighted by atomic mass is 16.4. The van der Waals surface area contributed by atoms with Crippen LogP contribution in [0.5, 0.6) is 0 Å². The lowest BCUT2D eigenvalue weighted by Crippen LogP contribution is -2.25. The van der Waals surface area contributed by atoms with E-state index in [0.717, 1.165) is 37.7 Å². The molecule has 0 amide bonds. The summed E-state index contributed by atoms with van der Waals surface area (Å²) in [5.41, 5.74) is 0.746. The fourth-order valence-electron chi connectivity index (χ4n) is 3.68. The molecule has 1 saturated carbocycles. The van der Waals surface area contributed by atoms with Crippen molar-refractivity contribution in [2.75, 3.05) is 0 Å². The second-order valence-electron chi connectivity index (χ2n) is 7.13. The number of hydrogen-bond acceptors (Lipinski definition) is 2. The maximum Gasteiger partial charge on any atom is 0.328 e. The predicted octanol–water partition coefficient (Wildman–Crippen LogP) is 5.47. The molecule has 1 atom stereocenters. The first-order valence-electron chi connectivity index (χ1n) is 9.76.